The maximum absolute atomic E-state index is 14.1. The molecule has 2 unspecified atom stereocenters. The summed E-state index contributed by atoms with van der Waals surface area (Å²) in [5.74, 6) is -1.19. The molecule has 0 aliphatic carbocycles. The van der Waals surface area contributed by atoms with Gasteiger partial charge in [0, 0.05) is 39.3 Å². The van der Waals surface area contributed by atoms with Crippen molar-refractivity contribution in [3.8, 4) is 0 Å². The van der Waals surface area contributed by atoms with Gasteiger partial charge in [0.1, 0.15) is 12.1 Å². The maximum atomic E-state index is 14.1. The lowest BCUT2D eigenvalue weighted by Gasteiger charge is -2.43. The van der Waals surface area contributed by atoms with Crippen LogP contribution in [0.4, 0.5) is 4.79 Å². The second-order valence-electron chi connectivity index (χ2n) is 11.7. The highest BCUT2D eigenvalue weighted by molar-refractivity contribution is 5.87. The molecule has 0 saturated carbocycles. The highest BCUT2D eigenvalue weighted by Crippen LogP contribution is 2.48. The van der Waals surface area contributed by atoms with E-state index in [1.807, 2.05) is 66.4 Å². The number of hydrogen-bond donors (Lipinski definition) is 1. The largest absolute Gasteiger partial charge is 0.480 e. The minimum atomic E-state index is -1.02. The fourth-order valence-corrected chi connectivity index (χ4v) is 6.65. The normalized spacial score (nSPS) is 21.1. The van der Waals surface area contributed by atoms with Gasteiger partial charge in [-0.15, -0.1) is 0 Å². The fraction of sp³-hybridized carbons (Fsp3) is 0.382. The average Bonchev–Trinajstić information content (AvgIpc) is 3.79. The Hall–Kier alpha value is -4.17. The topological polar surface area (TPSA) is 84.2 Å². The molecular weight excluding hydrogens is 528 g/mol. The van der Waals surface area contributed by atoms with Crippen LogP contribution in [0.1, 0.15) is 37.5 Å². The molecule has 220 valence electrons. The number of urea groups is 1. The van der Waals surface area contributed by atoms with E-state index in [4.69, 9.17) is 0 Å². The lowest BCUT2D eigenvalue weighted by molar-refractivity contribution is -0.143. The van der Waals surface area contributed by atoms with Gasteiger partial charge in [-0.1, -0.05) is 105 Å². The summed E-state index contributed by atoms with van der Waals surface area (Å²) >= 11 is 0. The van der Waals surface area contributed by atoms with Crippen LogP contribution in [0.5, 0.6) is 0 Å². The fourth-order valence-electron chi connectivity index (χ4n) is 6.65. The second kappa shape index (κ2) is 12.0. The van der Waals surface area contributed by atoms with Crippen LogP contribution in [0, 0.1) is 5.92 Å². The zero-order valence-electron chi connectivity index (χ0n) is 24.8. The molecule has 0 aromatic heterocycles. The molecule has 2 saturated heterocycles. The van der Waals surface area contributed by atoms with Crippen molar-refractivity contribution in [2.24, 2.45) is 5.92 Å². The number of carbonyl (C=O) groups excluding carboxylic acids is 2. The van der Waals surface area contributed by atoms with Gasteiger partial charge in [0.05, 0.1) is 5.54 Å². The molecular formula is C34H40N4O4. The molecule has 3 aromatic rings. The van der Waals surface area contributed by atoms with Gasteiger partial charge in [-0.05, 0) is 29.5 Å². The summed E-state index contributed by atoms with van der Waals surface area (Å²) in [6, 6.07) is 29.3. The van der Waals surface area contributed by atoms with Crippen molar-refractivity contribution in [3.63, 3.8) is 0 Å². The van der Waals surface area contributed by atoms with Crippen LogP contribution in [-0.2, 0) is 15.1 Å². The first-order valence-corrected chi connectivity index (χ1v) is 14.7. The third kappa shape index (κ3) is 5.27. The summed E-state index contributed by atoms with van der Waals surface area (Å²) in [7, 11) is 1.54. The number of hydrogen-bond acceptors (Lipinski definition) is 4. The molecule has 2 aliphatic heterocycles. The first kappa shape index (κ1) is 29.3. The minimum absolute atomic E-state index is 0.0562. The number of amides is 3. The van der Waals surface area contributed by atoms with E-state index in [1.54, 1.807) is 25.8 Å². The second-order valence-corrected chi connectivity index (χ2v) is 11.7. The smallest absolute Gasteiger partial charge is 0.326 e. The lowest BCUT2D eigenvalue weighted by Crippen LogP contribution is -2.60. The average molecular weight is 569 g/mol. The molecule has 0 radical (unpaired) electrons. The van der Waals surface area contributed by atoms with Gasteiger partial charge < -0.3 is 19.8 Å². The van der Waals surface area contributed by atoms with E-state index in [2.05, 4.69) is 41.3 Å². The van der Waals surface area contributed by atoms with E-state index in [0.29, 0.717) is 26.2 Å². The van der Waals surface area contributed by atoms with E-state index < -0.39 is 17.6 Å². The Morgan fingerprint density at radius 2 is 1.29 bits per heavy atom. The molecule has 0 bridgehead atoms. The summed E-state index contributed by atoms with van der Waals surface area (Å²) in [5.41, 5.74) is 2.66. The van der Waals surface area contributed by atoms with Gasteiger partial charge in [-0.25, -0.2) is 9.59 Å². The first-order chi connectivity index (χ1) is 20.2. The Kier molecular flexibility index (Phi) is 8.36. The number of carboxylic acid groups (broad SMARTS) is 1. The summed E-state index contributed by atoms with van der Waals surface area (Å²) in [6.45, 7) is 7.27. The van der Waals surface area contributed by atoms with E-state index in [0.717, 1.165) is 16.7 Å². The number of likely N-dealkylation sites (N-methyl/N-ethyl adjacent to an activating group) is 1. The molecule has 8 heteroatoms. The van der Waals surface area contributed by atoms with Crippen LogP contribution in [0.15, 0.2) is 91.0 Å². The van der Waals surface area contributed by atoms with Crippen LogP contribution in [0.2, 0.25) is 0 Å². The number of nitrogens with zero attached hydrogens (tertiary/aromatic N) is 4. The van der Waals surface area contributed by atoms with Gasteiger partial charge in [-0.3, -0.25) is 9.69 Å². The maximum Gasteiger partial charge on any atom is 0.326 e. The van der Waals surface area contributed by atoms with Gasteiger partial charge in [0.2, 0.25) is 5.91 Å². The van der Waals surface area contributed by atoms with Crippen LogP contribution < -0.4 is 0 Å². The summed E-state index contributed by atoms with van der Waals surface area (Å²) in [5, 5.41) is 9.66. The highest BCUT2D eigenvalue weighted by Gasteiger charge is 2.57. The number of benzene rings is 3. The standard InChI is InChI=1S/C34H40N4O4/c1-24(2)30(32(40)41)35(4)33(42)36-20-21-37(25(3)22-36)31(39)29-23-38(29)34(26-14-8-5-9-15-26,27-16-10-6-11-17-27)28-18-12-7-13-19-28/h5-19,24-25,29-30H,20-23H2,1-4H3,(H,40,41)/t25-,29?,30-,38?/m0/s1. The predicted octanol–water partition coefficient (Wildman–Crippen LogP) is 4.36. The van der Waals surface area contributed by atoms with E-state index in [-0.39, 0.29) is 29.9 Å². The molecule has 3 aromatic carbocycles. The molecule has 0 spiro atoms. The molecule has 4 atom stereocenters. The van der Waals surface area contributed by atoms with E-state index in [9.17, 15) is 19.5 Å². The van der Waals surface area contributed by atoms with Crippen LogP contribution >= 0.6 is 0 Å². The number of carboxylic acids is 1. The lowest BCUT2D eigenvalue weighted by atomic mass is 9.76. The number of carbonyl (C=O) groups is 3. The molecule has 2 fully saturated rings. The van der Waals surface area contributed by atoms with Gasteiger partial charge >= 0.3 is 12.0 Å². The minimum Gasteiger partial charge on any atom is -0.480 e. The van der Waals surface area contributed by atoms with Crippen LogP contribution in [-0.4, -0.2) is 94.0 Å². The molecule has 2 aliphatic rings. The zero-order chi connectivity index (χ0) is 30.0. The number of piperazine rings is 1. The summed E-state index contributed by atoms with van der Waals surface area (Å²) < 4.78 is 0. The summed E-state index contributed by atoms with van der Waals surface area (Å²) in [6.07, 6.45) is 0. The monoisotopic (exact) mass is 568 g/mol. The van der Waals surface area contributed by atoms with E-state index in [1.165, 1.54) is 4.90 Å². The molecule has 42 heavy (non-hydrogen) atoms. The number of aliphatic carboxylic acids is 1. The Bertz CT molecular complexity index is 1300. The van der Waals surface area contributed by atoms with Crippen molar-refractivity contribution in [3.05, 3.63) is 108 Å². The SMILES string of the molecule is CC(C)[C@@H](C(=O)O)N(C)C(=O)N1CCN(C(=O)C2CN2C(c2ccccc2)(c2ccccc2)c2ccccc2)[C@@H](C)C1. The van der Waals surface area contributed by atoms with E-state index >= 15 is 0 Å². The van der Waals surface area contributed by atoms with Gasteiger partial charge in [0.25, 0.3) is 0 Å². The quantitative estimate of drug-likeness (QED) is 0.323. The zero-order valence-corrected chi connectivity index (χ0v) is 24.8. The number of rotatable bonds is 8. The third-order valence-electron chi connectivity index (χ3n) is 8.69. The van der Waals surface area contributed by atoms with Crippen molar-refractivity contribution in [1.29, 1.82) is 0 Å². The molecule has 1 N–H and O–H groups in total. The van der Waals surface area contributed by atoms with Crippen LogP contribution in [0.3, 0.4) is 0 Å². The molecule has 8 nitrogen and oxygen atoms in total. The Balaban J connectivity index is 1.39. The van der Waals surface area contributed by atoms with Crippen LogP contribution in [0.25, 0.3) is 0 Å². The Morgan fingerprint density at radius 3 is 1.69 bits per heavy atom. The van der Waals surface area contributed by atoms with Gasteiger partial charge in [-0.2, -0.15) is 0 Å². The van der Waals surface area contributed by atoms with Gasteiger partial charge in [0.15, 0.2) is 0 Å². The Morgan fingerprint density at radius 1 is 0.810 bits per heavy atom. The molecule has 5 rings (SSSR count). The molecule has 2 heterocycles. The summed E-state index contributed by atoms with van der Waals surface area (Å²) in [4.78, 5) is 46.3. The predicted molar refractivity (Wildman–Crippen MR) is 162 cm³/mol. The van der Waals surface area contributed by atoms with Crippen molar-refractivity contribution < 1.29 is 19.5 Å². The first-order valence-electron chi connectivity index (χ1n) is 14.7. The van der Waals surface area contributed by atoms with Crippen molar-refractivity contribution in [1.82, 2.24) is 19.6 Å². The van der Waals surface area contributed by atoms with Crippen molar-refractivity contribution in [2.45, 2.75) is 44.4 Å². The van der Waals surface area contributed by atoms with Crippen molar-refractivity contribution in [2.75, 3.05) is 33.2 Å². The molecule has 3 amide bonds. The Labute approximate surface area is 248 Å². The highest BCUT2D eigenvalue weighted by atomic mass is 16.4. The van der Waals surface area contributed by atoms with Crippen molar-refractivity contribution >= 4 is 17.9 Å². The third-order valence-corrected chi connectivity index (χ3v) is 8.69.